The standard InChI is InChI=1S/C22H32N4O.HI/c1-2-23-21(26-14-12-22(17-26)10-4-11-22)24-15-18-6-8-19(9-7-18)16-25-13-3-5-20(25)27;/h6-9H,2-5,10-17H2,1H3,(H,23,24);1H. The zero-order valence-electron chi connectivity index (χ0n) is 17.0. The molecule has 1 aromatic rings. The molecule has 4 rings (SSSR count). The van der Waals surface area contributed by atoms with Gasteiger partial charge in [-0.3, -0.25) is 4.79 Å². The Morgan fingerprint density at radius 2 is 1.86 bits per heavy atom. The summed E-state index contributed by atoms with van der Waals surface area (Å²) in [6.07, 6.45) is 7.21. The highest BCUT2D eigenvalue weighted by molar-refractivity contribution is 14.0. The number of guanidine groups is 1. The molecule has 0 radical (unpaired) electrons. The van der Waals surface area contributed by atoms with Crippen LogP contribution in [0.25, 0.3) is 0 Å². The number of hydrogen-bond donors (Lipinski definition) is 1. The van der Waals surface area contributed by atoms with Crippen LogP contribution in [0.4, 0.5) is 0 Å². The van der Waals surface area contributed by atoms with Crippen LogP contribution < -0.4 is 5.32 Å². The maximum absolute atomic E-state index is 11.8. The Morgan fingerprint density at radius 1 is 1.11 bits per heavy atom. The van der Waals surface area contributed by atoms with Crippen molar-refractivity contribution in [2.45, 2.75) is 58.5 Å². The molecule has 1 aliphatic carbocycles. The Hall–Kier alpha value is -1.31. The highest BCUT2D eigenvalue weighted by Crippen LogP contribution is 2.47. The first-order chi connectivity index (χ1) is 13.2. The smallest absolute Gasteiger partial charge is 0.222 e. The van der Waals surface area contributed by atoms with E-state index in [-0.39, 0.29) is 29.9 Å². The second-order valence-electron chi connectivity index (χ2n) is 8.43. The summed E-state index contributed by atoms with van der Waals surface area (Å²) in [7, 11) is 0. The molecule has 1 saturated carbocycles. The average Bonchev–Trinajstić information content (AvgIpc) is 3.27. The largest absolute Gasteiger partial charge is 0.357 e. The van der Waals surface area contributed by atoms with Crippen molar-refractivity contribution in [3.63, 3.8) is 0 Å². The van der Waals surface area contributed by atoms with Crippen molar-refractivity contribution < 1.29 is 4.79 Å². The van der Waals surface area contributed by atoms with Crippen LogP contribution in [0.5, 0.6) is 0 Å². The van der Waals surface area contributed by atoms with E-state index < -0.39 is 0 Å². The first kappa shape index (κ1) is 21.4. The average molecular weight is 496 g/mol. The number of carbonyl (C=O) groups excluding carboxylic acids is 1. The number of amides is 1. The lowest BCUT2D eigenvalue weighted by Crippen LogP contribution is -2.42. The molecule has 2 aliphatic heterocycles. The highest BCUT2D eigenvalue weighted by atomic mass is 127. The van der Waals surface area contributed by atoms with Gasteiger partial charge in [0.15, 0.2) is 5.96 Å². The second kappa shape index (κ2) is 9.46. The summed E-state index contributed by atoms with van der Waals surface area (Å²) in [5, 5.41) is 3.48. The number of carbonyl (C=O) groups is 1. The van der Waals surface area contributed by atoms with E-state index in [0.717, 1.165) is 38.6 Å². The van der Waals surface area contributed by atoms with Gasteiger partial charge in [-0.05, 0) is 49.1 Å². The monoisotopic (exact) mass is 496 g/mol. The molecular formula is C22H33IN4O. The number of halogens is 1. The van der Waals surface area contributed by atoms with E-state index in [1.165, 1.54) is 43.4 Å². The van der Waals surface area contributed by atoms with Gasteiger partial charge >= 0.3 is 0 Å². The van der Waals surface area contributed by atoms with Gasteiger partial charge in [0.05, 0.1) is 6.54 Å². The molecule has 0 bridgehead atoms. The number of aliphatic imine (C=N–C) groups is 1. The lowest BCUT2D eigenvalue weighted by atomic mass is 9.68. The summed E-state index contributed by atoms with van der Waals surface area (Å²) < 4.78 is 0. The normalized spacial score (nSPS) is 21.0. The van der Waals surface area contributed by atoms with E-state index in [1.807, 2.05) is 4.90 Å². The van der Waals surface area contributed by atoms with Crippen molar-refractivity contribution in [3.8, 4) is 0 Å². The molecule has 6 heteroatoms. The summed E-state index contributed by atoms with van der Waals surface area (Å²) in [5.74, 6) is 1.35. The fourth-order valence-electron chi connectivity index (χ4n) is 4.63. The number of hydrogen-bond acceptors (Lipinski definition) is 2. The fraction of sp³-hybridized carbons (Fsp3) is 0.636. The number of nitrogens with zero attached hydrogens (tertiary/aromatic N) is 3. The molecule has 1 aromatic carbocycles. The van der Waals surface area contributed by atoms with Crippen molar-refractivity contribution >= 4 is 35.8 Å². The summed E-state index contributed by atoms with van der Waals surface area (Å²) >= 11 is 0. The van der Waals surface area contributed by atoms with Crippen LogP contribution in [0.3, 0.4) is 0 Å². The van der Waals surface area contributed by atoms with Crippen LogP contribution in [0, 0.1) is 5.41 Å². The van der Waals surface area contributed by atoms with Gasteiger partial charge in [0.2, 0.25) is 5.91 Å². The first-order valence-electron chi connectivity index (χ1n) is 10.6. The molecule has 5 nitrogen and oxygen atoms in total. The molecule has 0 atom stereocenters. The molecule has 3 fully saturated rings. The van der Waals surface area contributed by atoms with Crippen LogP contribution in [0.2, 0.25) is 0 Å². The van der Waals surface area contributed by atoms with Crippen LogP contribution in [0.15, 0.2) is 29.3 Å². The molecule has 1 amide bonds. The van der Waals surface area contributed by atoms with Crippen LogP contribution >= 0.6 is 24.0 Å². The number of benzene rings is 1. The van der Waals surface area contributed by atoms with E-state index in [1.54, 1.807) is 0 Å². The molecule has 2 heterocycles. The fourth-order valence-corrected chi connectivity index (χ4v) is 4.63. The van der Waals surface area contributed by atoms with Crippen molar-refractivity contribution in [1.82, 2.24) is 15.1 Å². The summed E-state index contributed by atoms with van der Waals surface area (Å²) in [4.78, 5) is 21.1. The number of nitrogens with one attached hydrogen (secondary N) is 1. The predicted molar refractivity (Wildman–Crippen MR) is 124 cm³/mol. The van der Waals surface area contributed by atoms with Gasteiger partial charge in [0, 0.05) is 39.1 Å². The minimum atomic E-state index is 0. The Morgan fingerprint density at radius 3 is 2.43 bits per heavy atom. The number of rotatable bonds is 5. The summed E-state index contributed by atoms with van der Waals surface area (Å²) in [6, 6.07) is 8.59. The third-order valence-corrected chi connectivity index (χ3v) is 6.47. The van der Waals surface area contributed by atoms with Gasteiger partial charge in [-0.15, -0.1) is 24.0 Å². The molecule has 2 saturated heterocycles. The first-order valence-corrected chi connectivity index (χ1v) is 10.6. The maximum atomic E-state index is 11.8. The Balaban J connectivity index is 0.00000225. The van der Waals surface area contributed by atoms with Crippen molar-refractivity contribution in [2.24, 2.45) is 10.4 Å². The molecule has 3 aliphatic rings. The highest BCUT2D eigenvalue weighted by Gasteiger charge is 2.43. The lowest BCUT2D eigenvalue weighted by Gasteiger charge is -2.38. The molecule has 154 valence electrons. The molecule has 1 N–H and O–H groups in total. The topological polar surface area (TPSA) is 47.9 Å². The zero-order chi connectivity index (χ0) is 18.7. The van der Waals surface area contributed by atoms with Crippen LogP contribution in [-0.2, 0) is 17.9 Å². The van der Waals surface area contributed by atoms with Crippen LogP contribution in [-0.4, -0.2) is 47.8 Å². The van der Waals surface area contributed by atoms with E-state index in [9.17, 15) is 4.79 Å². The van der Waals surface area contributed by atoms with E-state index in [4.69, 9.17) is 4.99 Å². The Kier molecular flexibility index (Phi) is 7.23. The summed E-state index contributed by atoms with van der Waals surface area (Å²) in [5.41, 5.74) is 3.01. The molecule has 0 aromatic heterocycles. The second-order valence-corrected chi connectivity index (χ2v) is 8.43. The van der Waals surface area contributed by atoms with Gasteiger partial charge in [0.25, 0.3) is 0 Å². The molecule has 1 spiro atoms. The maximum Gasteiger partial charge on any atom is 0.222 e. The Labute approximate surface area is 186 Å². The minimum absolute atomic E-state index is 0. The lowest BCUT2D eigenvalue weighted by molar-refractivity contribution is -0.128. The van der Waals surface area contributed by atoms with Gasteiger partial charge < -0.3 is 15.1 Å². The van der Waals surface area contributed by atoms with Crippen LogP contribution in [0.1, 0.15) is 56.6 Å². The van der Waals surface area contributed by atoms with Crippen molar-refractivity contribution in [2.75, 3.05) is 26.2 Å². The van der Waals surface area contributed by atoms with Gasteiger partial charge in [-0.1, -0.05) is 30.7 Å². The predicted octanol–water partition coefficient (Wildman–Crippen LogP) is 3.77. The van der Waals surface area contributed by atoms with Crippen molar-refractivity contribution in [1.29, 1.82) is 0 Å². The minimum Gasteiger partial charge on any atom is -0.357 e. The van der Waals surface area contributed by atoms with Gasteiger partial charge in [0.1, 0.15) is 0 Å². The van der Waals surface area contributed by atoms with E-state index >= 15 is 0 Å². The quantitative estimate of drug-likeness (QED) is 0.384. The van der Waals surface area contributed by atoms with Crippen molar-refractivity contribution in [3.05, 3.63) is 35.4 Å². The third-order valence-electron chi connectivity index (χ3n) is 6.47. The summed E-state index contributed by atoms with van der Waals surface area (Å²) in [6.45, 7) is 7.68. The molecule has 28 heavy (non-hydrogen) atoms. The molecule has 0 unspecified atom stereocenters. The van der Waals surface area contributed by atoms with E-state index in [0.29, 0.717) is 18.4 Å². The van der Waals surface area contributed by atoms with Gasteiger partial charge in [-0.25, -0.2) is 4.99 Å². The third kappa shape index (κ3) is 4.81. The molecular weight excluding hydrogens is 463 g/mol. The van der Waals surface area contributed by atoms with Gasteiger partial charge in [-0.2, -0.15) is 0 Å². The Bertz CT molecular complexity index is 699. The zero-order valence-corrected chi connectivity index (χ0v) is 19.3. The SMILES string of the molecule is CCNC(=NCc1ccc(CN2CCCC2=O)cc1)N1CCC2(CCC2)C1.I. The number of likely N-dealkylation sites (tertiary alicyclic amines) is 2. The van der Waals surface area contributed by atoms with E-state index in [2.05, 4.69) is 41.4 Å².